The number of aryl methyl sites for hydroxylation is 1. The molecule has 0 unspecified atom stereocenters. The van der Waals surface area contributed by atoms with Gasteiger partial charge in [-0.25, -0.2) is 19.0 Å². The molecule has 0 aliphatic heterocycles. The van der Waals surface area contributed by atoms with Crippen LogP contribution in [0.25, 0.3) is 5.65 Å². The summed E-state index contributed by atoms with van der Waals surface area (Å²) in [5.41, 5.74) is 1.33. The topological polar surface area (TPSA) is 99.0 Å². The lowest BCUT2D eigenvalue weighted by Crippen LogP contribution is -2.17. The summed E-state index contributed by atoms with van der Waals surface area (Å²) in [7, 11) is 0. The number of nitrogens with one attached hydrogen (secondary N) is 1. The molecule has 3 aromatic rings. The number of carbonyl (C=O) groups is 3. The Kier molecular flexibility index (Phi) is 6.40. The van der Waals surface area contributed by atoms with Gasteiger partial charge in [0.05, 0.1) is 24.0 Å². The molecular formula is C21H22FN3O5S. The molecule has 3 heterocycles. The minimum absolute atomic E-state index is 0.0774. The van der Waals surface area contributed by atoms with Gasteiger partial charge in [0.2, 0.25) is 0 Å². The Labute approximate surface area is 182 Å². The van der Waals surface area contributed by atoms with Crippen molar-refractivity contribution in [2.24, 2.45) is 0 Å². The fraction of sp³-hybridized carbons (Fsp3) is 0.333. The van der Waals surface area contributed by atoms with Crippen molar-refractivity contribution in [1.29, 1.82) is 0 Å². The number of halogens is 1. The van der Waals surface area contributed by atoms with Crippen molar-refractivity contribution in [3.8, 4) is 0 Å². The van der Waals surface area contributed by atoms with E-state index in [2.05, 4.69) is 10.3 Å². The molecule has 0 atom stereocenters. The lowest BCUT2D eigenvalue weighted by molar-refractivity contribution is 0.0383. The summed E-state index contributed by atoms with van der Waals surface area (Å²) in [6.07, 6.45) is 0.801. The van der Waals surface area contributed by atoms with Gasteiger partial charge in [-0.05, 0) is 52.3 Å². The van der Waals surface area contributed by atoms with E-state index in [0.29, 0.717) is 16.9 Å². The Hall–Kier alpha value is -3.27. The Morgan fingerprint density at radius 2 is 1.94 bits per heavy atom. The SMILES string of the molecule is CCOC(=O)c1c(NC(=O)c2c(C)nc3ccc(F)cn23)sc(C(=O)OC(C)C)c1C. The van der Waals surface area contributed by atoms with E-state index in [4.69, 9.17) is 9.47 Å². The van der Waals surface area contributed by atoms with Crippen LogP contribution in [0.5, 0.6) is 0 Å². The normalized spacial score (nSPS) is 11.1. The van der Waals surface area contributed by atoms with Crippen molar-refractivity contribution in [3.63, 3.8) is 0 Å². The number of nitrogens with zero attached hydrogens (tertiary/aromatic N) is 2. The zero-order valence-electron chi connectivity index (χ0n) is 17.7. The number of amides is 1. The van der Waals surface area contributed by atoms with Gasteiger partial charge in [-0.1, -0.05) is 0 Å². The molecule has 0 aromatic carbocycles. The predicted molar refractivity (Wildman–Crippen MR) is 113 cm³/mol. The standard InChI is InChI=1S/C21H22FN3O5S/c1-6-29-20(27)15-11(4)17(21(28)30-10(2)3)31-19(15)24-18(26)16-12(5)23-14-8-7-13(22)9-25(14)16/h7-10H,6H2,1-5H3,(H,24,26). The number of thiophene rings is 1. The van der Waals surface area contributed by atoms with Crippen molar-refractivity contribution in [2.45, 2.75) is 40.7 Å². The van der Waals surface area contributed by atoms with E-state index in [0.717, 1.165) is 17.5 Å². The second-order valence-corrected chi connectivity index (χ2v) is 8.03. The highest BCUT2D eigenvalue weighted by molar-refractivity contribution is 7.18. The highest BCUT2D eigenvalue weighted by atomic mass is 32.1. The predicted octanol–water partition coefficient (Wildman–Crippen LogP) is 4.15. The van der Waals surface area contributed by atoms with Crippen molar-refractivity contribution < 1.29 is 28.2 Å². The molecular weight excluding hydrogens is 425 g/mol. The number of imidazole rings is 1. The van der Waals surface area contributed by atoms with Crippen molar-refractivity contribution in [1.82, 2.24) is 9.38 Å². The summed E-state index contributed by atoms with van der Waals surface area (Å²) < 4.78 is 25.4. The number of fused-ring (bicyclic) bond motifs is 1. The summed E-state index contributed by atoms with van der Waals surface area (Å²) in [4.78, 5) is 42.5. The van der Waals surface area contributed by atoms with Crippen LogP contribution in [-0.2, 0) is 9.47 Å². The third-order valence-corrected chi connectivity index (χ3v) is 5.54. The van der Waals surface area contributed by atoms with Gasteiger partial charge in [0.1, 0.15) is 27.0 Å². The number of esters is 2. The second kappa shape index (κ2) is 8.84. The smallest absolute Gasteiger partial charge is 0.348 e. The Morgan fingerprint density at radius 1 is 1.23 bits per heavy atom. The lowest BCUT2D eigenvalue weighted by Gasteiger charge is -2.08. The molecule has 0 saturated heterocycles. The fourth-order valence-electron chi connectivity index (χ4n) is 3.09. The van der Waals surface area contributed by atoms with Crippen LogP contribution in [0, 0.1) is 19.7 Å². The summed E-state index contributed by atoms with van der Waals surface area (Å²) in [5, 5.41) is 2.80. The third kappa shape index (κ3) is 4.43. The number of ether oxygens (including phenoxy) is 2. The molecule has 164 valence electrons. The maximum atomic E-state index is 13.7. The van der Waals surface area contributed by atoms with E-state index in [-0.39, 0.29) is 33.8 Å². The van der Waals surface area contributed by atoms with Crippen molar-refractivity contribution in [2.75, 3.05) is 11.9 Å². The lowest BCUT2D eigenvalue weighted by atomic mass is 10.1. The number of pyridine rings is 1. The molecule has 1 amide bonds. The average molecular weight is 447 g/mol. The van der Waals surface area contributed by atoms with Gasteiger partial charge in [0, 0.05) is 6.20 Å². The van der Waals surface area contributed by atoms with Crippen LogP contribution in [0.4, 0.5) is 9.39 Å². The molecule has 1 N–H and O–H groups in total. The van der Waals surface area contributed by atoms with Crippen LogP contribution in [0.3, 0.4) is 0 Å². The summed E-state index contributed by atoms with van der Waals surface area (Å²) in [6.45, 7) is 8.41. The zero-order chi connectivity index (χ0) is 22.9. The molecule has 3 rings (SSSR count). The molecule has 0 aliphatic rings. The van der Waals surface area contributed by atoms with Gasteiger partial charge >= 0.3 is 11.9 Å². The number of hydrogen-bond donors (Lipinski definition) is 1. The van der Waals surface area contributed by atoms with Crippen LogP contribution in [0.1, 0.15) is 62.5 Å². The molecule has 8 nitrogen and oxygen atoms in total. The molecule has 10 heteroatoms. The van der Waals surface area contributed by atoms with Crippen LogP contribution in [0.15, 0.2) is 18.3 Å². The molecule has 0 bridgehead atoms. The van der Waals surface area contributed by atoms with Gasteiger partial charge in [0.15, 0.2) is 0 Å². The Balaban J connectivity index is 2.05. The maximum absolute atomic E-state index is 13.7. The van der Waals surface area contributed by atoms with Crippen LogP contribution < -0.4 is 5.32 Å². The Bertz CT molecular complexity index is 1180. The first-order valence-corrected chi connectivity index (χ1v) is 10.4. The van der Waals surface area contributed by atoms with E-state index in [9.17, 15) is 18.8 Å². The molecule has 0 aliphatic carbocycles. The number of hydrogen-bond acceptors (Lipinski definition) is 7. The number of aromatic nitrogens is 2. The molecule has 0 radical (unpaired) electrons. The van der Waals surface area contributed by atoms with Gasteiger partial charge in [-0.2, -0.15) is 0 Å². The minimum Gasteiger partial charge on any atom is -0.462 e. The summed E-state index contributed by atoms with van der Waals surface area (Å²) in [6, 6.07) is 2.70. The highest BCUT2D eigenvalue weighted by Gasteiger charge is 2.29. The maximum Gasteiger partial charge on any atom is 0.348 e. The number of anilines is 1. The number of rotatable bonds is 6. The van der Waals surface area contributed by atoms with E-state index >= 15 is 0 Å². The van der Waals surface area contributed by atoms with Gasteiger partial charge in [0.25, 0.3) is 5.91 Å². The quantitative estimate of drug-likeness (QED) is 0.570. The molecule has 31 heavy (non-hydrogen) atoms. The van der Waals surface area contributed by atoms with E-state index in [1.807, 2.05) is 0 Å². The van der Waals surface area contributed by atoms with Gasteiger partial charge in [-0.3, -0.25) is 9.20 Å². The first-order chi connectivity index (χ1) is 14.6. The molecule has 0 fully saturated rings. The zero-order valence-corrected chi connectivity index (χ0v) is 18.6. The van der Waals surface area contributed by atoms with E-state index in [1.54, 1.807) is 34.6 Å². The first kappa shape index (κ1) is 22.4. The monoisotopic (exact) mass is 447 g/mol. The van der Waals surface area contributed by atoms with Crippen LogP contribution in [-0.4, -0.2) is 39.9 Å². The first-order valence-electron chi connectivity index (χ1n) is 9.61. The molecule has 0 saturated carbocycles. The van der Waals surface area contributed by atoms with Crippen molar-refractivity contribution in [3.05, 3.63) is 51.5 Å². The fourth-order valence-corrected chi connectivity index (χ4v) is 4.16. The Morgan fingerprint density at radius 3 is 2.58 bits per heavy atom. The minimum atomic E-state index is -0.670. The molecule has 0 spiro atoms. The largest absolute Gasteiger partial charge is 0.462 e. The average Bonchev–Trinajstić information content (AvgIpc) is 3.17. The van der Waals surface area contributed by atoms with Crippen LogP contribution in [0.2, 0.25) is 0 Å². The molecule has 3 aromatic heterocycles. The van der Waals surface area contributed by atoms with E-state index < -0.39 is 23.7 Å². The van der Waals surface area contributed by atoms with Crippen molar-refractivity contribution >= 4 is 39.8 Å². The summed E-state index contributed by atoms with van der Waals surface area (Å²) in [5.74, 6) is -2.41. The third-order valence-electron chi connectivity index (χ3n) is 4.35. The second-order valence-electron chi connectivity index (χ2n) is 7.01. The highest BCUT2D eigenvalue weighted by Crippen LogP contribution is 2.35. The number of carbonyl (C=O) groups excluding carboxylic acids is 3. The summed E-state index contributed by atoms with van der Waals surface area (Å²) >= 11 is 0.919. The van der Waals surface area contributed by atoms with Gasteiger partial charge < -0.3 is 14.8 Å². The van der Waals surface area contributed by atoms with E-state index in [1.165, 1.54) is 16.5 Å². The van der Waals surface area contributed by atoms with Gasteiger partial charge in [-0.15, -0.1) is 11.3 Å². The van der Waals surface area contributed by atoms with Crippen LogP contribution >= 0.6 is 11.3 Å².